The summed E-state index contributed by atoms with van der Waals surface area (Å²) in [6, 6.07) is 0. The van der Waals surface area contributed by atoms with Crippen molar-refractivity contribution in [2.24, 2.45) is 11.8 Å². The first-order chi connectivity index (χ1) is 15.6. The highest BCUT2D eigenvalue weighted by atomic mass is 16.4. The van der Waals surface area contributed by atoms with E-state index >= 15 is 0 Å². The Hall–Kier alpha value is -0.530. The van der Waals surface area contributed by atoms with Gasteiger partial charge in [0.1, 0.15) is 0 Å². The molecule has 0 aromatic heterocycles. The zero-order chi connectivity index (χ0) is 23.7. The lowest BCUT2D eigenvalue weighted by molar-refractivity contribution is -0.143. The van der Waals surface area contributed by atoms with E-state index in [0.717, 1.165) is 19.3 Å². The molecule has 0 spiro atoms. The van der Waals surface area contributed by atoms with E-state index in [1.54, 1.807) is 0 Å². The van der Waals surface area contributed by atoms with Gasteiger partial charge in [0.05, 0.1) is 5.92 Å². The summed E-state index contributed by atoms with van der Waals surface area (Å²) in [7, 11) is 0. The monoisotopic (exact) mass is 452 g/mol. The minimum absolute atomic E-state index is 0.128. The van der Waals surface area contributed by atoms with Crippen LogP contribution in [0, 0.1) is 11.8 Å². The number of rotatable bonds is 26. The maximum absolute atomic E-state index is 11.8. The average molecular weight is 453 g/mol. The Morgan fingerprint density at radius 2 is 0.781 bits per heavy atom. The summed E-state index contributed by atoms with van der Waals surface area (Å²) in [5.41, 5.74) is 0. The van der Waals surface area contributed by atoms with Gasteiger partial charge in [-0.25, -0.2) is 0 Å². The van der Waals surface area contributed by atoms with Gasteiger partial charge >= 0.3 is 5.97 Å². The van der Waals surface area contributed by atoms with E-state index in [9.17, 15) is 9.90 Å². The van der Waals surface area contributed by atoms with E-state index in [4.69, 9.17) is 0 Å². The predicted molar refractivity (Wildman–Crippen MR) is 142 cm³/mol. The molecular formula is C30H60O2. The van der Waals surface area contributed by atoms with Gasteiger partial charge in [-0.3, -0.25) is 4.79 Å². The fourth-order valence-electron chi connectivity index (χ4n) is 5.01. The van der Waals surface area contributed by atoms with Crippen molar-refractivity contribution in [1.29, 1.82) is 0 Å². The normalized spacial score (nSPS) is 13.3. The van der Waals surface area contributed by atoms with Gasteiger partial charge in [0, 0.05) is 0 Å². The fraction of sp³-hybridized carbons (Fsp3) is 0.967. The van der Waals surface area contributed by atoms with Crippen LogP contribution in [0.25, 0.3) is 0 Å². The van der Waals surface area contributed by atoms with Crippen molar-refractivity contribution in [2.45, 2.75) is 175 Å². The molecule has 0 saturated heterocycles. The zero-order valence-corrected chi connectivity index (χ0v) is 22.5. The van der Waals surface area contributed by atoms with Gasteiger partial charge in [0.25, 0.3) is 0 Å². The smallest absolute Gasteiger partial charge is 0.306 e. The Balaban J connectivity index is 3.60. The van der Waals surface area contributed by atoms with Crippen molar-refractivity contribution in [1.82, 2.24) is 0 Å². The molecule has 2 atom stereocenters. The number of carboxylic acid groups (broad SMARTS) is 1. The third-order valence-corrected chi connectivity index (χ3v) is 7.39. The topological polar surface area (TPSA) is 37.3 Å². The molecule has 0 aromatic carbocycles. The molecule has 0 aliphatic heterocycles. The molecule has 2 nitrogen and oxygen atoms in total. The van der Waals surface area contributed by atoms with Gasteiger partial charge < -0.3 is 5.11 Å². The Morgan fingerprint density at radius 1 is 0.500 bits per heavy atom. The van der Waals surface area contributed by atoms with E-state index in [1.807, 2.05) is 0 Å². The fourth-order valence-corrected chi connectivity index (χ4v) is 5.01. The molecule has 0 aliphatic rings. The van der Waals surface area contributed by atoms with Crippen LogP contribution in [0.5, 0.6) is 0 Å². The van der Waals surface area contributed by atoms with Crippen LogP contribution in [0.2, 0.25) is 0 Å². The molecule has 0 heterocycles. The maximum atomic E-state index is 11.8. The van der Waals surface area contributed by atoms with Gasteiger partial charge in [-0.1, -0.05) is 162 Å². The molecule has 0 saturated carbocycles. The molecule has 0 aromatic rings. The first kappa shape index (κ1) is 31.5. The first-order valence-electron chi connectivity index (χ1n) is 14.9. The molecule has 0 fully saturated rings. The lowest BCUT2D eigenvalue weighted by Gasteiger charge is -2.20. The Kier molecular flexibility index (Phi) is 24.7. The Morgan fingerprint density at radius 3 is 1.09 bits per heavy atom. The highest BCUT2D eigenvalue weighted by Gasteiger charge is 2.23. The number of carbonyl (C=O) groups is 1. The summed E-state index contributed by atoms with van der Waals surface area (Å²) in [6.07, 6.45) is 31.5. The SMILES string of the molecule is CCCCCCCCCCCCCCC(C(=O)O)C(C)CCCCCCCCCCCC. The highest BCUT2D eigenvalue weighted by Crippen LogP contribution is 2.25. The van der Waals surface area contributed by atoms with Crippen molar-refractivity contribution in [3.8, 4) is 0 Å². The van der Waals surface area contributed by atoms with Crippen molar-refractivity contribution < 1.29 is 9.90 Å². The molecule has 0 radical (unpaired) electrons. The van der Waals surface area contributed by atoms with Crippen molar-refractivity contribution in [3.63, 3.8) is 0 Å². The molecule has 1 N–H and O–H groups in total. The van der Waals surface area contributed by atoms with Crippen molar-refractivity contribution in [2.75, 3.05) is 0 Å². The van der Waals surface area contributed by atoms with Gasteiger partial charge in [0.15, 0.2) is 0 Å². The van der Waals surface area contributed by atoms with Crippen LogP contribution in [0.4, 0.5) is 0 Å². The first-order valence-corrected chi connectivity index (χ1v) is 14.9. The number of hydrogen-bond donors (Lipinski definition) is 1. The lowest BCUT2D eigenvalue weighted by Crippen LogP contribution is -2.21. The summed E-state index contributed by atoms with van der Waals surface area (Å²) in [4.78, 5) is 11.8. The van der Waals surface area contributed by atoms with Gasteiger partial charge in [-0.15, -0.1) is 0 Å². The van der Waals surface area contributed by atoms with Crippen LogP contribution in [-0.2, 0) is 4.79 Å². The number of hydrogen-bond acceptors (Lipinski definition) is 1. The van der Waals surface area contributed by atoms with E-state index in [1.165, 1.54) is 135 Å². The molecule has 0 amide bonds. The molecule has 32 heavy (non-hydrogen) atoms. The van der Waals surface area contributed by atoms with Crippen LogP contribution >= 0.6 is 0 Å². The van der Waals surface area contributed by atoms with Crippen molar-refractivity contribution >= 4 is 5.97 Å². The Bertz CT molecular complexity index is 379. The second-order valence-corrected chi connectivity index (χ2v) is 10.6. The van der Waals surface area contributed by atoms with Gasteiger partial charge in [-0.2, -0.15) is 0 Å². The molecule has 192 valence electrons. The summed E-state index contributed by atoms with van der Waals surface area (Å²) in [5, 5.41) is 9.68. The van der Waals surface area contributed by atoms with E-state index < -0.39 is 5.97 Å². The quantitative estimate of drug-likeness (QED) is 0.132. The zero-order valence-electron chi connectivity index (χ0n) is 22.5. The summed E-state index contributed by atoms with van der Waals surface area (Å²) in [6.45, 7) is 6.72. The standard InChI is InChI=1S/C30H60O2/c1-4-6-8-10-12-14-16-17-19-21-23-25-27-29(30(31)32)28(3)26-24-22-20-18-15-13-11-9-7-5-2/h28-29H,4-27H2,1-3H3,(H,31,32). The highest BCUT2D eigenvalue weighted by molar-refractivity contribution is 5.70. The van der Waals surface area contributed by atoms with Crippen LogP contribution in [0.3, 0.4) is 0 Å². The number of unbranched alkanes of at least 4 members (excludes halogenated alkanes) is 20. The Labute approximate surface area is 202 Å². The second-order valence-electron chi connectivity index (χ2n) is 10.6. The predicted octanol–water partition coefficient (Wildman–Crippen LogP) is 10.7. The lowest BCUT2D eigenvalue weighted by atomic mass is 9.85. The number of carboxylic acids is 1. The molecule has 2 heteroatoms. The van der Waals surface area contributed by atoms with Crippen molar-refractivity contribution in [3.05, 3.63) is 0 Å². The summed E-state index contributed by atoms with van der Waals surface area (Å²) >= 11 is 0. The molecule has 0 rings (SSSR count). The van der Waals surface area contributed by atoms with Crippen LogP contribution < -0.4 is 0 Å². The molecule has 0 bridgehead atoms. The van der Waals surface area contributed by atoms with Crippen LogP contribution in [-0.4, -0.2) is 11.1 Å². The average Bonchev–Trinajstić information content (AvgIpc) is 2.77. The van der Waals surface area contributed by atoms with Crippen LogP contribution in [0.15, 0.2) is 0 Å². The third-order valence-electron chi connectivity index (χ3n) is 7.39. The third kappa shape index (κ3) is 21.3. The minimum Gasteiger partial charge on any atom is -0.481 e. The van der Waals surface area contributed by atoms with E-state index in [2.05, 4.69) is 20.8 Å². The van der Waals surface area contributed by atoms with Crippen LogP contribution in [0.1, 0.15) is 175 Å². The largest absolute Gasteiger partial charge is 0.481 e. The molecule has 0 aliphatic carbocycles. The molecule has 2 unspecified atom stereocenters. The second kappa shape index (κ2) is 25.1. The molecular weight excluding hydrogens is 392 g/mol. The van der Waals surface area contributed by atoms with Gasteiger partial charge in [-0.05, 0) is 18.8 Å². The summed E-state index contributed by atoms with van der Waals surface area (Å²) in [5.74, 6) is -0.362. The van der Waals surface area contributed by atoms with Gasteiger partial charge in [0.2, 0.25) is 0 Å². The van der Waals surface area contributed by atoms with E-state index in [0.29, 0.717) is 5.92 Å². The summed E-state index contributed by atoms with van der Waals surface area (Å²) < 4.78 is 0. The minimum atomic E-state index is -0.562. The maximum Gasteiger partial charge on any atom is 0.306 e. The van der Waals surface area contributed by atoms with E-state index in [-0.39, 0.29) is 5.92 Å². The number of aliphatic carboxylic acids is 1.